The number of nitrogens with zero attached hydrogens (tertiary/aromatic N) is 2. The molecule has 0 radical (unpaired) electrons. The summed E-state index contributed by atoms with van der Waals surface area (Å²) in [6.45, 7) is 14.0. The summed E-state index contributed by atoms with van der Waals surface area (Å²) in [6, 6.07) is 2.32. The quantitative estimate of drug-likeness (QED) is 0.650. The second kappa shape index (κ2) is 8.25. The minimum absolute atomic E-state index is 0.0156. The van der Waals surface area contributed by atoms with Crippen molar-refractivity contribution < 1.29 is 4.79 Å². The van der Waals surface area contributed by atoms with Crippen molar-refractivity contribution in [2.75, 3.05) is 6.54 Å². The van der Waals surface area contributed by atoms with E-state index in [0.717, 1.165) is 53.4 Å². The van der Waals surface area contributed by atoms with Gasteiger partial charge in [0.25, 0.3) is 5.91 Å². The molecule has 0 bridgehead atoms. The topological polar surface area (TPSA) is 45.2 Å². The Kier molecular flexibility index (Phi) is 6.32. The highest BCUT2D eigenvalue weighted by Crippen LogP contribution is 2.35. The smallest absolute Gasteiger partial charge is 0.266 e. The van der Waals surface area contributed by atoms with E-state index >= 15 is 0 Å². The number of rotatable bonds is 6. The molecule has 3 rings (SSSR count). The first kappa shape index (κ1) is 21.5. The normalized spacial score (nSPS) is 18.9. The van der Waals surface area contributed by atoms with Crippen LogP contribution >= 0.6 is 22.7 Å². The number of aryl methyl sites for hydroxylation is 1. The first-order valence-corrected chi connectivity index (χ1v) is 12.0. The molecule has 28 heavy (non-hydrogen) atoms. The summed E-state index contributed by atoms with van der Waals surface area (Å²) in [5, 5.41) is 8.84. The van der Waals surface area contributed by atoms with Crippen LogP contribution in [0.3, 0.4) is 0 Å². The first-order valence-electron chi connectivity index (χ1n) is 10.2. The van der Waals surface area contributed by atoms with Gasteiger partial charge in [0.2, 0.25) is 0 Å². The van der Waals surface area contributed by atoms with Crippen molar-refractivity contribution in [3.05, 3.63) is 27.4 Å². The molecule has 3 heterocycles. The summed E-state index contributed by atoms with van der Waals surface area (Å²) in [5.74, 6) is 0.156. The molecule has 154 valence electrons. The lowest BCUT2D eigenvalue weighted by Crippen LogP contribution is -2.62. The van der Waals surface area contributed by atoms with Gasteiger partial charge in [0.15, 0.2) is 0 Å². The number of hydrogen-bond donors (Lipinski definition) is 1. The summed E-state index contributed by atoms with van der Waals surface area (Å²) < 4.78 is 0. The Labute approximate surface area is 177 Å². The minimum Gasteiger partial charge on any atom is -0.335 e. The Morgan fingerprint density at radius 2 is 1.96 bits per heavy atom. The molecule has 6 heteroatoms. The van der Waals surface area contributed by atoms with E-state index in [9.17, 15) is 4.79 Å². The molecular formula is C22H33N3OS2. The van der Waals surface area contributed by atoms with Crippen molar-refractivity contribution in [3.8, 4) is 10.6 Å². The molecule has 1 aliphatic heterocycles. The van der Waals surface area contributed by atoms with Crippen molar-refractivity contribution in [2.24, 2.45) is 0 Å². The van der Waals surface area contributed by atoms with Crippen LogP contribution in [0.2, 0.25) is 0 Å². The highest BCUT2D eigenvalue weighted by molar-refractivity contribution is 7.17. The standard InChI is InChI=1S/C22H33N3OS2/c1-7-8-10-25(17-12-21(3,4)24-22(5,6)13-17)20(26)18-15(2)23-19(28-18)16-9-11-27-14-16/h9,11,14,17,24H,7-8,10,12-13H2,1-6H3. The molecule has 0 aliphatic carbocycles. The second-order valence-electron chi connectivity index (χ2n) is 9.25. The Morgan fingerprint density at radius 3 is 2.54 bits per heavy atom. The fourth-order valence-electron chi connectivity index (χ4n) is 4.50. The van der Waals surface area contributed by atoms with E-state index in [1.54, 1.807) is 11.3 Å². The number of aromatic nitrogens is 1. The number of thiophene rings is 1. The van der Waals surface area contributed by atoms with Crippen LogP contribution in [0.4, 0.5) is 0 Å². The number of thiazole rings is 1. The lowest BCUT2D eigenvalue weighted by molar-refractivity contribution is 0.0445. The monoisotopic (exact) mass is 419 g/mol. The van der Waals surface area contributed by atoms with Gasteiger partial charge in [0.1, 0.15) is 9.88 Å². The van der Waals surface area contributed by atoms with E-state index in [1.807, 2.05) is 6.92 Å². The van der Waals surface area contributed by atoms with Gasteiger partial charge in [-0.25, -0.2) is 4.98 Å². The Morgan fingerprint density at radius 1 is 1.29 bits per heavy atom. The van der Waals surface area contributed by atoms with Gasteiger partial charge < -0.3 is 10.2 Å². The highest BCUT2D eigenvalue weighted by atomic mass is 32.1. The van der Waals surface area contributed by atoms with Gasteiger partial charge in [-0.2, -0.15) is 11.3 Å². The van der Waals surface area contributed by atoms with Gasteiger partial charge in [-0.1, -0.05) is 13.3 Å². The summed E-state index contributed by atoms with van der Waals surface area (Å²) in [4.78, 5) is 21.3. The summed E-state index contributed by atoms with van der Waals surface area (Å²) >= 11 is 3.20. The molecule has 0 saturated carbocycles. The number of carbonyl (C=O) groups excluding carboxylic acids is 1. The molecule has 4 nitrogen and oxygen atoms in total. The number of carbonyl (C=O) groups is 1. The third-order valence-electron chi connectivity index (χ3n) is 5.38. The SMILES string of the molecule is CCCCN(C(=O)c1sc(-c2ccsc2)nc1C)C1CC(C)(C)NC(C)(C)C1. The van der Waals surface area contributed by atoms with Gasteiger partial charge in [-0.05, 0) is 65.3 Å². The fourth-order valence-corrected chi connectivity index (χ4v) is 6.24. The van der Waals surface area contributed by atoms with E-state index in [1.165, 1.54) is 11.3 Å². The number of hydrogen-bond acceptors (Lipinski definition) is 5. The molecule has 1 saturated heterocycles. The van der Waals surface area contributed by atoms with E-state index in [-0.39, 0.29) is 23.0 Å². The Bertz CT molecular complexity index is 792. The number of unbranched alkanes of at least 4 members (excludes halogenated alkanes) is 1. The zero-order chi connectivity index (χ0) is 20.5. The molecule has 1 aliphatic rings. The van der Waals surface area contributed by atoms with Crippen LogP contribution in [0.1, 0.15) is 75.7 Å². The van der Waals surface area contributed by atoms with Crippen LogP contribution in [0.15, 0.2) is 16.8 Å². The van der Waals surface area contributed by atoms with E-state index in [4.69, 9.17) is 4.98 Å². The molecule has 0 spiro atoms. The average molecular weight is 420 g/mol. The zero-order valence-corrected chi connectivity index (χ0v) is 19.6. The lowest BCUT2D eigenvalue weighted by Gasteiger charge is -2.49. The van der Waals surface area contributed by atoms with Crippen molar-refractivity contribution in [1.29, 1.82) is 0 Å². The predicted octanol–water partition coefficient (Wildman–Crippen LogP) is 5.73. The molecule has 1 amide bonds. The highest BCUT2D eigenvalue weighted by Gasteiger charge is 2.41. The second-order valence-corrected chi connectivity index (χ2v) is 11.0. The van der Waals surface area contributed by atoms with E-state index in [0.29, 0.717) is 0 Å². The first-order chi connectivity index (χ1) is 13.1. The molecule has 0 unspecified atom stereocenters. The van der Waals surface area contributed by atoms with E-state index in [2.05, 4.69) is 61.7 Å². The van der Waals surface area contributed by atoms with Crippen molar-refractivity contribution in [2.45, 2.75) is 84.3 Å². The molecule has 0 atom stereocenters. The minimum atomic E-state index is 0.0156. The molecular weight excluding hydrogens is 386 g/mol. The zero-order valence-electron chi connectivity index (χ0n) is 18.0. The van der Waals surface area contributed by atoms with E-state index < -0.39 is 0 Å². The van der Waals surface area contributed by atoms with Crippen LogP contribution in [0.5, 0.6) is 0 Å². The van der Waals surface area contributed by atoms with Gasteiger partial charge in [0, 0.05) is 34.6 Å². The lowest BCUT2D eigenvalue weighted by atomic mass is 9.79. The van der Waals surface area contributed by atoms with Crippen LogP contribution in [0.25, 0.3) is 10.6 Å². The molecule has 0 aromatic carbocycles. The summed E-state index contributed by atoms with van der Waals surface area (Å²) in [5.41, 5.74) is 2.00. The third-order valence-corrected chi connectivity index (χ3v) is 7.26. The molecule has 1 N–H and O–H groups in total. The molecule has 1 fully saturated rings. The number of piperidine rings is 1. The van der Waals surface area contributed by atoms with Crippen molar-refractivity contribution >= 4 is 28.6 Å². The Balaban J connectivity index is 1.90. The molecule has 2 aromatic rings. The van der Waals surface area contributed by atoms with Crippen molar-refractivity contribution in [3.63, 3.8) is 0 Å². The maximum Gasteiger partial charge on any atom is 0.266 e. The summed E-state index contributed by atoms with van der Waals surface area (Å²) in [7, 11) is 0. The van der Waals surface area contributed by atoms with Crippen LogP contribution < -0.4 is 5.32 Å². The van der Waals surface area contributed by atoms with Gasteiger partial charge in [0.05, 0.1) is 5.69 Å². The Hall–Kier alpha value is -1.24. The van der Waals surface area contributed by atoms with Crippen LogP contribution in [0, 0.1) is 6.92 Å². The summed E-state index contributed by atoms with van der Waals surface area (Å²) in [6.07, 6.45) is 4.07. The van der Waals surface area contributed by atoms with Crippen molar-refractivity contribution in [1.82, 2.24) is 15.2 Å². The number of amides is 1. The average Bonchev–Trinajstić information content (AvgIpc) is 3.21. The maximum absolute atomic E-state index is 13.7. The number of nitrogens with one attached hydrogen (secondary N) is 1. The van der Waals surface area contributed by atoms with Gasteiger partial charge in [-0.3, -0.25) is 4.79 Å². The third kappa shape index (κ3) is 4.84. The largest absolute Gasteiger partial charge is 0.335 e. The van der Waals surface area contributed by atoms with Gasteiger partial charge in [-0.15, -0.1) is 11.3 Å². The van der Waals surface area contributed by atoms with Crippen LogP contribution in [-0.2, 0) is 0 Å². The molecule has 2 aromatic heterocycles. The predicted molar refractivity (Wildman–Crippen MR) is 120 cm³/mol. The fraction of sp³-hybridized carbons (Fsp3) is 0.636. The van der Waals surface area contributed by atoms with Crippen LogP contribution in [-0.4, -0.2) is 39.5 Å². The van der Waals surface area contributed by atoms with Gasteiger partial charge >= 0.3 is 0 Å². The maximum atomic E-state index is 13.7.